The van der Waals surface area contributed by atoms with E-state index in [0.29, 0.717) is 29.9 Å². The van der Waals surface area contributed by atoms with Gasteiger partial charge in [0.25, 0.3) is 21.8 Å². The number of sulfonamides is 1. The van der Waals surface area contributed by atoms with Crippen LogP contribution in [-0.4, -0.2) is 37.6 Å². The van der Waals surface area contributed by atoms with E-state index in [1.54, 1.807) is 74.5 Å². The maximum absolute atomic E-state index is 12.6. The van der Waals surface area contributed by atoms with E-state index in [4.69, 9.17) is 0 Å². The van der Waals surface area contributed by atoms with Crippen LogP contribution in [0.2, 0.25) is 0 Å². The van der Waals surface area contributed by atoms with Crippen molar-refractivity contribution < 1.29 is 18.0 Å². The second kappa shape index (κ2) is 10.5. The summed E-state index contributed by atoms with van der Waals surface area (Å²) in [4.78, 5) is 25.4. The molecule has 0 saturated carbocycles. The molecule has 0 fully saturated rings. The summed E-state index contributed by atoms with van der Waals surface area (Å²) in [5, 5.41) is 5.59. The molecule has 0 aliphatic carbocycles. The second-order valence-corrected chi connectivity index (χ2v) is 10.2. The summed E-state index contributed by atoms with van der Waals surface area (Å²) in [6.45, 7) is 4.64. The zero-order valence-corrected chi connectivity index (χ0v) is 19.5. The number of carbonyl (C=O) groups is 2. The highest BCUT2D eigenvalue weighted by atomic mass is 32.2. The topological polar surface area (TPSA) is 95.6 Å². The van der Waals surface area contributed by atoms with Crippen LogP contribution in [0, 0.1) is 0 Å². The molecule has 9 heteroatoms. The molecule has 3 rings (SSSR count). The molecule has 2 amide bonds. The van der Waals surface area contributed by atoms with Crippen molar-refractivity contribution in [2.45, 2.75) is 24.6 Å². The zero-order chi connectivity index (χ0) is 23.1. The summed E-state index contributed by atoms with van der Waals surface area (Å²) in [6.07, 6.45) is 0. The van der Waals surface area contributed by atoms with Gasteiger partial charge in [0.15, 0.2) is 0 Å². The molecule has 2 N–H and O–H groups in total. The van der Waals surface area contributed by atoms with Gasteiger partial charge in [-0.1, -0.05) is 32.0 Å². The summed E-state index contributed by atoms with van der Waals surface area (Å²) < 4.78 is 26.8. The van der Waals surface area contributed by atoms with Crippen molar-refractivity contribution in [3.63, 3.8) is 0 Å². The van der Waals surface area contributed by atoms with E-state index in [9.17, 15) is 18.0 Å². The van der Waals surface area contributed by atoms with Crippen LogP contribution in [0.1, 0.15) is 39.4 Å². The number of amides is 2. The fourth-order valence-corrected chi connectivity index (χ4v) is 5.96. The Morgan fingerprint density at radius 1 is 0.844 bits per heavy atom. The summed E-state index contributed by atoms with van der Waals surface area (Å²) in [5.41, 5.74) is 1.57. The van der Waals surface area contributed by atoms with Gasteiger partial charge < -0.3 is 10.6 Å². The third kappa shape index (κ3) is 5.61. The molecule has 168 valence electrons. The van der Waals surface area contributed by atoms with Crippen molar-refractivity contribution in [1.29, 1.82) is 0 Å². The first-order valence-corrected chi connectivity index (χ1v) is 12.4. The molecule has 0 unspecified atom stereocenters. The smallest absolute Gasteiger partial charge is 0.255 e. The molecule has 3 aromatic rings. The first-order chi connectivity index (χ1) is 15.3. The van der Waals surface area contributed by atoms with Gasteiger partial charge in [-0.15, -0.1) is 11.3 Å². The molecular weight excluding hydrogens is 446 g/mol. The Morgan fingerprint density at radius 2 is 1.47 bits per heavy atom. The zero-order valence-electron chi connectivity index (χ0n) is 17.9. The maximum Gasteiger partial charge on any atom is 0.255 e. The lowest BCUT2D eigenvalue weighted by Crippen LogP contribution is -2.30. The molecule has 1 heterocycles. The number of hydrogen-bond acceptors (Lipinski definition) is 5. The highest BCUT2D eigenvalue weighted by molar-refractivity contribution is 7.91. The molecule has 1 aromatic heterocycles. The van der Waals surface area contributed by atoms with E-state index in [2.05, 4.69) is 10.6 Å². The van der Waals surface area contributed by atoms with Crippen molar-refractivity contribution in [3.8, 4) is 0 Å². The van der Waals surface area contributed by atoms with Crippen molar-refractivity contribution >= 4 is 38.9 Å². The van der Waals surface area contributed by atoms with E-state index in [-0.39, 0.29) is 22.6 Å². The van der Waals surface area contributed by atoms with E-state index >= 15 is 0 Å². The minimum atomic E-state index is -3.50. The summed E-state index contributed by atoms with van der Waals surface area (Å²) in [7, 11) is -3.50. The van der Waals surface area contributed by atoms with Crippen LogP contribution < -0.4 is 10.6 Å². The monoisotopic (exact) mass is 471 g/mol. The highest BCUT2D eigenvalue weighted by Gasteiger charge is 2.23. The van der Waals surface area contributed by atoms with Gasteiger partial charge in [-0.25, -0.2) is 8.42 Å². The number of nitrogens with one attached hydrogen (secondary N) is 2. The quantitative estimate of drug-likeness (QED) is 0.494. The normalized spacial score (nSPS) is 11.3. The molecule has 7 nitrogen and oxygen atoms in total. The largest absolute Gasteiger partial charge is 0.347 e. The van der Waals surface area contributed by atoms with Gasteiger partial charge in [-0.2, -0.15) is 4.31 Å². The highest BCUT2D eigenvalue weighted by Crippen LogP contribution is 2.25. The van der Waals surface area contributed by atoms with E-state index < -0.39 is 10.0 Å². The van der Waals surface area contributed by atoms with Crippen LogP contribution in [0.15, 0.2) is 70.9 Å². The first-order valence-electron chi connectivity index (χ1n) is 10.2. The predicted octanol–water partition coefficient (Wildman–Crippen LogP) is 3.96. The van der Waals surface area contributed by atoms with Gasteiger partial charge >= 0.3 is 0 Å². The van der Waals surface area contributed by atoms with Gasteiger partial charge in [0, 0.05) is 34.8 Å². The van der Waals surface area contributed by atoms with Crippen molar-refractivity contribution in [2.75, 3.05) is 18.4 Å². The van der Waals surface area contributed by atoms with Gasteiger partial charge in [0.05, 0.1) is 6.54 Å². The third-order valence-corrected chi connectivity index (χ3v) is 8.40. The SMILES string of the molecule is CCN(CC)S(=O)(=O)c1ccc(CNC(=O)c2ccc(NC(=O)c3ccccc3)cc2)s1. The Labute approximate surface area is 192 Å². The average molecular weight is 472 g/mol. The Bertz CT molecular complexity index is 1170. The fourth-order valence-electron chi connectivity index (χ4n) is 3.05. The molecule has 0 aliphatic rings. The lowest BCUT2D eigenvalue weighted by Gasteiger charge is -2.16. The number of hydrogen-bond donors (Lipinski definition) is 2. The van der Waals surface area contributed by atoms with Crippen LogP contribution in [0.5, 0.6) is 0 Å². The molecule has 0 bridgehead atoms. The Hall–Kier alpha value is -3.01. The van der Waals surface area contributed by atoms with Crippen molar-refractivity contribution in [1.82, 2.24) is 9.62 Å². The van der Waals surface area contributed by atoms with Gasteiger partial charge in [0.2, 0.25) is 0 Å². The Morgan fingerprint density at radius 3 is 2.09 bits per heavy atom. The van der Waals surface area contributed by atoms with Gasteiger partial charge in [0.1, 0.15) is 4.21 Å². The number of nitrogens with zero attached hydrogens (tertiary/aromatic N) is 1. The molecule has 0 aliphatic heterocycles. The Kier molecular flexibility index (Phi) is 7.79. The van der Waals surface area contributed by atoms with Crippen molar-refractivity contribution in [3.05, 3.63) is 82.7 Å². The molecule has 0 saturated heterocycles. The lowest BCUT2D eigenvalue weighted by molar-refractivity contribution is 0.0950. The number of carbonyl (C=O) groups excluding carboxylic acids is 2. The van der Waals surface area contributed by atoms with Crippen LogP contribution in [0.4, 0.5) is 5.69 Å². The minimum Gasteiger partial charge on any atom is -0.347 e. The summed E-state index contributed by atoms with van der Waals surface area (Å²) in [6, 6.07) is 18.7. The molecule has 32 heavy (non-hydrogen) atoms. The standard InChI is InChI=1S/C23H25N3O4S2/c1-3-26(4-2)32(29,30)21-15-14-20(31-21)16-24-22(27)18-10-12-19(13-11-18)25-23(28)17-8-6-5-7-9-17/h5-15H,3-4,16H2,1-2H3,(H,24,27)(H,25,28). The van der Waals surface area contributed by atoms with Crippen LogP contribution in [0.25, 0.3) is 0 Å². The number of rotatable bonds is 9. The third-order valence-electron chi connectivity index (χ3n) is 4.80. The average Bonchev–Trinajstić information content (AvgIpc) is 3.29. The maximum atomic E-state index is 12.6. The van der Waals surface area contributed by atoms with Crippen molar-refractivity contribution in [2.24, 2.45) is 0 Å². The van der Waals surface area contributed by atoms with Crippen LogP contribution in [-0.2, 0) is 16.6 Å². The minimum absolute atomic E-state index is 0.226. The first kappa shape index (κ1) is 23.6. The predicted molar refractivity (Wildman–Crippen MR) is 126 cm³/mol. The van der Waals surface area contributed by atoms with E-state index in [1.807, 2.05) is 6.07 Å². The molecule has 0 atom stereocenters. The fraction of sp³-hybridized carbons (Fsp3) is 0.217. The van der Waals surface area contributed by atoms with E-state index in [1.165, 1.54) is 4.31 Å². The van der Waals surface area contributed by atoms with E-state index in [0.717, 1.165) is 16.2 Å². The lowest BCUT2D eigenvalue weighted by atomic mass is 10.1. The van der Waals surface area contributed by atoms with Gasteiger partial charge in [-0.3, -0.25) is 9.59 Å². The molecule has 0 radical (unpaired) electrons. The summed E-state index contributed by atoms with van der Waals surface area (Å²) in [5.74, 6) is -0.511. The van der Waals surface area contributed by atoms with Gasteiger partial charge in [-0.05, 0) is 48.5 Å². The molecule has 0 spiro atoms. The number of anilines is 1. The number of thiophene rings is 1. The Balaban J connectivity index is 1.58. The molecule has 2 aromatic carbocycles. The second-order valence-electron chi connectivity index (χ2n) is 6.89. The summed E-state index contributed by atoms with van der Waals surface area (Å²) >= 11 is 1.15. The van der Waals surface area contributed by atoms with Crippen LogP contribution in [0.3, 0.4) is 0 Å². The molecular formula is C23H25N3O4S2. The number of benzene rings is 2. The van der Waals surface area contributed by atoms with Crippen LogP contribution >= 0.6 is 11.3 Å².